The number of anilines is 1. The van der Waals surface area contributed by atoms with Crippen molar-refractivity contribution in [1.82, 2.24) is 19.9 Å². The number of aliphatic hydroxyl groups is 1. The van der Waals surface area contributed by atoms with E-state index in [1.54, 1.807) is 24.7 Å². The molecule has 0 saturated carbocycles. The molecule has 0 amide bonds. The van der Waals surface area contributed by atoms with Crippen molar-refractivity contribution in [2.75, 3.05) is 12.3 Å². The first-order valence-corrected chi connectivity index (χ1v) is 6.08. The van der Waals surface area contributed by atoms with Gasteiger partial charge in [-0.2, -0.15) is 0 Å². The highest BCUT2D eigenvalue weighted by atomic mass is 16.3. The summed E-state index contributed by atoms with van der Waals surface area (Å²) in [6.45, 7) is -0.118. The molecule has 3 aromatic heterocycles. The highest BCUT2D eigenvalue weighted by molar-refractivity contribution is 5.80. The van der Waals surface area contributed by atoms with E-state index >= 15 is 0 Å². The van der Waals surface area contributed by atoms with Crippen LogP contribution in [0.3, 0.4) is 0 Å². The third kappa shape index (κ3) is 1.94. The number of aromatic amines is 2. The molecule has 102 valence electrons. The van der Waals surface area contributed by atoms with E-state index in [0.29, 0.717) is 16.6 Å². The summed E-state index contributed by atoms with van der Waals surface area (Å²) in [6.07, 6.45) is 5.00. The zero-order valence-electron chi connectivity index (χ0n) is 10.5. The van der Waals surface area contributed by atoms with Gasteiger partial charge in [0, 0.05) is 30.1 Å². The molecule has 0 aliphatic carbocycles. The first-order chi connectivity index (χ1) is 9.70. The van der Waals surface area contributed by atoms with Crippen LogP contribution >= 0.6 is 0 Å². The zero-order valence-corrected chi connectivity index (χ0v) is 10.5. The van der Waals surface area contributed by atoms with Crippen molar-refractivity contribution in [2.45, 2.75) is 5.92 Å². The molecule has 0 aliphatic rings. The molecule has 20 heavy (non-hydrogen) atoms. The van der Waals surface area contributed by atoms with Gasteiger partial charge in [0.1, 0.15) is 11.0 Å². The minimum Gasteiger partial charge on any atom is -0.395 e. The van der Waals surface area contributed by atoms with E-state index in [1.807, 2.05) is 6.07 Å². The highest BCUT2D eigenvalue weighted by Gasteiger charge is 2.19. The Morgan fingerprint density at radius 1 is 1.45 bits per heavy atom. The second kappa shape index (κ2) is 4.78. The smallest absolute Gasteiger partial charge is 0.276 e. The largest absolute Gasteiger partial charge is 0.395 e. The fraction of sp³-hybridized carbons (Fsp3) is 0.154. The van der Waals surface area contributed by atoms with Crippen LogP contribution in [0.15, 0.2) is 35.5 Å². The van der Waals surface area contributed by atoms with Crippen molar-refractivity contribution in [3.63, 3.8) is 0 Å². The Kier molecular flexibility index (Phi) is 2.96. The van der Waals surface area contributed by atoms with E-state index in [-0.39, 0.29) is 24.0 Å². The van der Waals surface area contributed by atoms with Gasteiger partial charge < -0.3 is 15.8 Å². The first kappa shape index (κ1) is 12.4. The summed E-state index contributed by atoms with van der Waals surface area (Å²) in [5.74, 6) is -0.266. The van der Waals surface area contributed by atoms with Gasteiger partial charge in [-0.25, -0.2) is 4.98 Å². The molecule has 5 N–H and O–H groups in total. The fourth-order valence-corrected chi connectivity index (χ4v) is 2.28. The Labute approximate surface area is 113 Å². The average Bonchev–Trinajstić information content (AvgIpc) is 2.85. The number of aromatic nitrogens is 4. The van der Waals surface area contributed by atoms with Crippen molar-refractivity contribution in [3.8, 4) is 0 Å². The van der Waals surface area contributed by atoms with E-state index in [0.717, 1.165) is 5.56 Å². The van der Waals surface area contributed by atoms with E-state index in [4.69, 9.17) is 5.73 Å². The first-order valence-electron chi connectivity index (χ1n) is 6.08. The summed E-state index contributed by atoms with van der Waals surface area (Å²) in [5.41, 5.74) is 7.62. The quantitative estimate of drug-likeness (QED) is 0.548. The monoisotopic (exact) mass is 271 g/mol. The minimum absolute atomic E-state index is 0.0474. The van der Waals surface area contributed by atoms with Crippen LogP contribution in [0.2, 0.25) is 0 Å². The SMILES string of the molecule is Nc1nc2c(C(CO)c3cccnc3)c[nH]c2c(=O)[nH]1. The summed E-state index contributed by atoms with van der Waals surface area (Å²) in [7, 11) is 0. The molecule has 0 bridgehead atoms. The van der Waals surface area contributed by atoms with Gasteiger partial charge in [-0.1, -0.05) is 6.07 Å². The lowest BCUT2D eigenvalue weighted by atomic mass is 9.94. The van der Waals surface area contributed by atoms with E-state index < -0.39 is 0 Å². The van der Waals surface area contributed by atoms with Crippen molar-refractivity contribution in [1.29, 1.82) is 0 Å². The van der Waals surface area contributed by atoms with Crippen molar-refractivity contribution in [3.05, 3.63) is 52.2 Å². The van der Waals surface area contributed by atoms with Crippen molar-refractivity contribution >= 4 is 17.0 Å². The second-order valence-electron chi connectivity index (χ2n) is 4.44. The van der Waals surface area contributed by atoms with E-state index in [1.165, 1.54) is 0 Å². The fourth-order valence-electron chi connectivity index (χ4n) is 2.28. The van der Waals surface area contributed by atoms with Crippen LogP contribution in [0.1, 0.15) is 17.0 Å². The van der Waals surface area contributed by atoms with Gasteiger partial charge in [-0.05, 0) is 11.6 Å². The van der Waals surface area contributed by atoms with Crippen molar-refractivity contribution < 1.29 is 5.11 Å². The number of hydrogen-bond acceptors (Lipinski definition) is 5. The average molecular weight is 271 g/mol. The van der Waals surface area contributed by atoms with Gasteiger partial charge in [0.25, 0.3) is 5.56 Å². The number of nitrogens with two attached hydrogens (primary N) is 1. The molecule has 3 rings (SSSR count). The number of nitrogens with one attached hydrogen (secondary N) is 2. The van der Waals surface area contributed by atoms with Crippen molar-refractivity contribution in [2.24, 2.45) is 0 Å². The Morgan fingerprint density at radius 3 is 3.00 bits per heavy atom. The van der Waals surface area contributed by atoms with E-state index in [9.17, 15) is 9.90 Å². The van der Waals surface area contributed by atoms with Crippen LogP contribution in [-0.4, -0.2) is 31.6 Å². The van der Waals surface area contributed by atoms with Gasteiger partial charge in [-0.15, -0.1) is 0 Å². The molecule has 0 saturated heterocycles. The number of pyridine rings is 1. The maximum absolute atomic E-state index is 11.8. The number of hydrogen-bond donors (Lipinski definition) is 4. The number of rotatable bonds is 3. The Balaban J connectivity index is 2.21. The molecule has 3 heterocycles. The number of nitrogens with zero attached hydrogens (tertiary/aromatic N) is 2. The second-order valence-corrected chi connectivity index (χ2v) is 4.44. The highest BCUT2D eigenvalue weighted by Crippen LogP contribution is 2.28. The van der Waals surface area contributed by atoms with Gasteiger partial charge in [-0.3, -0.25) is 14.8 Å². The van der Waals surface area contributed by atoms with Gasteiger partial charge in [0.15, 0.2) is 0 Å². The number of H-pyrrole nitrogens is 2. The summed E-state index contributed by atoms with van der Waals surface area (Å²) in [4.78, 5) is 25.3. The van der Waals surface area contributed by atoms with Gasteiger partial charge >= 0.3 is 0 Å². The number of nitrogen functional groups attached to an aromatic ring is 1. The molecule has 0 aromatic carbocycles. The third-order valence-corrected chi connectivity index (χ3v) is 3.23. The van der Waals surface area contributed by atoms with Crippen LogP contribution in [0.4, 0.5) is 5.95 Å². The van der Waals surface area contributed by atoms with Crippen LogP contribution in [0.5, 0.6) is 0 Å². The summed E-state index contributed by atoms with van der Waals surface area (Å²) < 4.78 is 0. The number of fused-ring (bicyclic) bond motifs is 1. The Morgan fingerprint density at radius 2 is 2.30 bits per heavy atom. The minimum atomic E-state index is -0.332. The molecule has 7 heteroatoms. The normalized spacial score (nSPS) is 12.7. The lowest BCUT2D eigenvalue weighted by Gasteiger charge is -2.12. The van der Waals surface area contributed by atoms with Crippen LogP contribution in [0.25, 0.3) is 11.0 Å². The molecule has 0 spiro atoms. The predicted molar refractivity (Wildman–Crippen MR) is 74.3 cm³/mol. The lowest BCUT2D eigenvalue weighted by molar-refractivity contribution is 0.281. The Hall–Kier alpha value is -2.67. The van der Waals surface area contributed by atoms with Gasteiger partial charge in [0.05, 0.1) is 6.61 Å². The topological polar surface area (TPSA) is 121 Å². The van der Waals surface area contributed by atoms with Crippen LogP contribution < -0.4 is 11.3 Å². The lowest BCUT2D eigenvalue weighted by Crippen LogP contribution is -2.12. The molecule has 0 aliphatic heterocycles. The summed E-state index contributed by atoms with van der Waals surface area (Å²) in [6, 6.07) is 3.66. The summed E-state index contributed by atoms with van der Waals surface area (Å²) in [5, 5.41) is 9.66. The Bertz CT molecular complexity index is 793. The molecule has 0 fully saturated rings. The third-order valence-electron chi connectivity index (χ3n) is 3.23. The molecule has 0 radical (unpaired) electrons. The van der Waals surface area contributed by atoms with Crippen LogP contribution in [0, 0.1) is 0 Å². The molecule has 7 nitrogen and oxygen atoms in total. The maximum atomic E-state index is 11.8. The standard InChI is InChI=1S/C13H13N5O2/c14-13-17-10-8(5-16-11(10)12(20)18-13)9(6-19)7-2-1-3-15-4-7/h1-5,9,16,19H,6H2,(H3,14,17,18,20). The maximum Gasteiger partial charge on any atom is 0.276 e. The van der Waals surface area contributed by atoms with Gasteiger partial charge in [0.2, 0.25) is 5.95 Å². The zero-order chi connectivity index (χ0) is 14.1. The molecule has 1 atom stereocenters. The van der Waals surface area contributed by atoms with E-state index in [2.05, 4.69) is 19.9 Å². The molecule has 3 aromatic rings. The van der Waals surface area contributed by atoms with Crippen LogP contribution in [-0.2, 0) is 0 Å². The number of aliphatic hydroxyl groups excluding tert-OH is 1. The predicted octanol–water partition coefficient (Wildman–Crippen LogP) is 0.353. The molecule has 1 unspecified atom stereocenters. The molecular weight excluding hydrogens is 258 g/mol. The molecular formula is C13H13N5O2. The summed E-state index contributed by atoms with van der Waals surface area (Å²) >= 11 is 0.